The van der Waals surface area contributed by atoms with E-state index in [2.05, 4.69) is 26.7 Å². The molecule has 0 spiro atoms. The van der Waals surface area contributed by atoms with E-state index in [0.29, 0.717) is 36.8 Å². The second-order valence-electron chi connectivity index (χ2n) is 8.42. The molecule has 0 saturated carbocycles. The fourth-order valence-electron chi connectivity index (χ4n) is 4.59. The maximum Gasteiger partial charge on any atom is 0.289 e. The molecule has 2 amide bonds. The van der Waals surface area contributed by atoms with Crippen molar-refractivity contribution in [2.75, 3.05) is 63.8 Å². The number of carbonyl (C=O) groups is 2. The summed E-state index contributed by atoms with van der Waals surface area (Å²) in [5, 5.41) is 0.988. The van der Waals surface area contributed by atoms with E-state index < -0.39 is 0 Å². The number of likely N-dealkylation sites (N-methyl/N-ethyl adjacent to an activating group) is 1. The van der Waals surface area contributed by atoms with E-state index in [-0.39, 0.29) is 11.8 Å². The van der Waals surface area contributed by atoms with Gasteiger partial charge in [0.1, 0.15) is 17.0 Å². The summed E-state index contributed by atoms with van der Waals surface area (Å²) in [7, 11) is 0. The molecule has 0 radical (unpaired) electrons. The average Bonchev–Trinajstić information content (AvgIpc) is 3.52. The molecule has 0 unspecified atom stereocenters. The number of carbonyl (C=O) groups excluding carboxylic acids is 2. The molecule has 0 aromatic carbocycles. The molecule has 3 aromatic heterocycles. The average molecular weight is 469 g/mol. The first-order valence-corrected chi connectivity index (χ1v) is 12.2. The van der Waals surface area contributed by atoms with Gasteiger partial charge in [-0.2, -0.15) is 0 Å². The minimum absolute atomic E-state index is 0.00218. The van der Waals surface area contributed by atoms with E-state index in [1.165, 1.54) is 17.6 Å². The second kappa shape index (κ2) is 9.11. The van der Waals surface area contributed by atoms with E-state index in [1.54, 1.807) is 23.4 Å². The van der Waals surface area contributed by atoms with Gasteiger partial charge in [0.25, 0.3) is 11.8 Å². The van der Waals surface area contributed by atoms with Gasteiger partial charge in [-0.1, -0.05) is 6.92 Å². The van der Waals surface area contributed by atoms with Crippen LogP contribution in [0.3, 0.4) is 0 Å². The summed E-state index contributed by atoms with van der Waals surface area (Å²) in [6, 6.07) is 3.37. The van der Waals surface area contributed by atoms with Crippen LogP contribution in [0.25, 0.3) is 10.2 Å². The Kier molecular flexibility index (Phi) is 6.03. The number of hydrogen-bond acceptors (Lipinski definition) is 8. The number of aromatic nitrogens is 2. The number of fused-ring (bicyclic) bond motifs is 1. The smallest absolute Gasteiger partial charge is 0.289 e. The van der Waals surface area contributed by atoms with Crippen LogP contribution in [-0.2, 0) is 0 Å². The molecule has 3 aromatic rings. The Morgan fingerprint density at radius 2 is 1.70 bits per heavy atom. The fourth-order valence-corrected chi connectivity index (χ4v) is 5.70. The van der Waals surface area contributed by atoms with Crippen molar-refractivity contribution in [3.05, 3.63) is 40.9 Å². The van der Waals surface area contributed by atoms with Gasteiger partial charge in [-0.05, 0) is 31.2 Å². The Balaban J connectivity index is 1.32. The number of amides is 2. The minimum atomic E-state index is -0.131. The lowest BCUT2D eigenvalue weighted by atomic mass is 10.1. The lowest BCUT2D eigenvalue weighted by molar-refractivity contribution is 0.0520. The predicted molar refractivity (Wildman–Crippen MR) is 127 cm³/mol. The number of aryl methyl sites for hydroxylation is 1. The normalized spacial score (nSPS) is 17.7. The monoisotopic (exact) mass is 468 g/mol. The molecule has 174 valence electrons. The highest BCUT2D eigenvalue weighted by Crippen LogP contribution is 2.36. The molecule has 2 aliphatic rings. The largest absolute Gasteiger partial charge is 0.459 e. The van der Waals surface area contributed by atoms with Gasteiger partial charge in [-0.3, -0.25) is 9.59 Å². The lowest BCUT2D eigenvalue weighted by Crippen LogP contribution is -2.50. The van der Waals surface area contributed by atoms with Gasteiger partial charge in [-0.25, -0.2) is 9.97 Å². The van der Waals surface area contributed by atoms with Gasteiger partial charge < -0.3 is 24.0 Å². The number of nitrogens with zero attached hydrogens (tertiary/aromatic N) is 6. The molecule has 10 heteroatoms. The molecule has 9 nitrogen and oxygen atoms in total. The van der Waals surface area contributed by atoms with Crippen molar-refractivity contribution in [3.8, 4) is 0 Å². The zero-order chi connectivity index (χ0) is 22.9. The summed E-state index contributed by atoms with van der Waals surface area (Å²) in [6.07, 6.45) is 3.10. The minimum Gasteiger partial charge on any atom is -0.459 e. The van der Waals surface area contributed by atoms with Crippen molar-refractivity contribution in [1.29, 1.82) is 0 Å². The van der Waals surface area contributed by atoms with Gasteiger partial charge in [0.05, 0.1) is 16.5 Å². The lowest BCUT2D eigenvalue weighted by Gasteiger charge is -2.35. The van der Waals surface area contributed by atoms with Gasteiger partial charge in [0.2, 0.25) is 0 Å². The Morgan fingerprint density at radius 1 is 1.00 bits per heavy atom. The number of piperazine rings is 2. The molecular formula is C23H28N6O3S. The molecule has 5 rings (SSSR count). The molecule has 2 aliphatic heterocycles. The van der Waals surface area contributed by atoms with Gasteiger partial charge >= 0.3 is 0 Å². The van der Waals surface area contributed by atoms with Gasteiger partial charge in [0, 0.05) is 52.4 Å². The first-order valence-electron chi connectivity index (χ1n) is 11.4. The quantitative estimate of drug-likeness (QED) is 0.581. The Labute approximate surface area is 196 Å². The topological polar surface area (TPSA) is 86.0 Å². The van der Waals surface area contributed by atoms with E-state index >= 15 is 0 Å². The van der Waals surface area contributed by atoms with Crippen molar-refractivity contribution < 1.29 is 14.0 Å². The van der Waals surface area contributed by atoms with Crippen molar-refractivity contribution in [2.24, 2.45) is 0 Å². The van der Waals surface area contributed by atoms with Crippen molar-refractivity contribution in [2.45, 2.75) is 13.8 Å². The molecule has 2 fully saturated rings. The fraction of sp³-hybridized carbons (Fsp3) is 0.478. The summed E-state index contributed by atoms with van der Waals surface area (Å²) < 4.78 is 5.23. The molecule has 33 heavy (non-hydrogen) atoms. The third kappa shape index (κ3) is 4.08. The Hall–Kier alpha value is -2.98. The summed E-state index contributed by atoms with van der Waals surface area (Å²) in [4.78, 5) is 44.9. The van der Waals surface area contributed by atoms with Crippen molar-refractivity contribution in [1.82, 2.24) is 24.7 Å². The molecule has 0 bridgehead atoms. The highest BCUT2D eigenvalue weighted by Gasteiger charge is 2.30. The Morgan fingerprint density at radius 3 is 2.33 bits per heavy atom. The third-order valence-corrected chi connectivity index (χ3v) is 7.79. The summed E-state index contributed by atoms with van der Waals surface area (Å²) in [6.45, 7) is 11.1. The van der Waals surface area contributed by atoms with Gasteiger partial charge in [0.15, 0.2) is 5.76 Å². The first-order chi connectivity index (χ1) is 16.1. The number of hydrogen-bond donors (Lipinski definition) is 0. The number of thiophene rings is 1. The Bertz CT molecular complexity index is 1140. The molecule has 0 N–H and O–H groups in total. The van der Waals surface area contributed by atoms with E-state index in [0.717, 1.165) is 54.3 Å². The van der Waals surface area contributed by atoms with Crippen LogP contribution >= 0.6 is 11.3 Å². The van der Waals surface area contributed by atoms with Crippen molar-refractivity contribution in [3.63, 3.8) is 0 Å². The summed E-state index contributed by atoms with van der Waals surface area (Å²) in [5.74, 6) is 1.13. The van der Waals surface area contributed by atoms with Crippen molar-refractivity contribution >= 4 is 39.2 Å². The van der Waals surface area contributed by atoms with E-state index in [1.807, 2.05) is 11.8 Å². The highest BCUT2D eigenvalue weighted by molar-refractivity contribution is 7.20. The third-order valence-electron chi connectivity index (χ3n) is 6.61. The van der Waals surface area contributed by atoms with Crippen LogP contribution in [-0.4, -0.2) is 95.4 Å². The van der Waals surface area contributed by atoms with Crippen LogP contribution in [0.15, 0.2) is 29.1 Å². The maximum atomic E-state index is 13.4. The predicted octanol–water partition coefficient (Wildman–Crippen LogP) is 2.33. The zero-order valence-corrected chi connectivity index (χ0v) is 19.8. The molecule has 5 heterocycles. The number of anilines is 1. The number of furan rings is 1. The second-order valence-corrected chi connectivity index (χ2v) is 9.42. The molecule has 0 atom stereocenters. The first kappa shape index (κ1) is 21.8. The SMILES string of the molecule is CCN1CCN(c2ncnc3sc(C(=O)N4CCN(C(=O)c5ccco5)CC4)c(C)c23)CC1. The van der Waals surface area contributed by atoms with Gasteiger partial charge in [-0.15, -0.1) is 11.3 Å². The van der Waals surface area contributed by atoms with Crippen LogP contribution < -0.4 is 4.90 Å². The standard InChI is InChI=1S/C23H28N6O3S/c1-3-26-6-8-27(9-7-26)20-18-16(2)19(33-21(18)25-15-24-20)23(31)29-12-10-28(11-13-29)22(30)17-5-4-14-32-17/h4-5,14-15H,3,6-13H2,1-2H3. The molecular weight excluding hydrogens is 440 g/mol. The summed E-state index contributed by atoms with van der Waals surface area (Å²) >= 11 is 1.44. The van der Waals surface area contributed by atoms with Crippen LogP contribution in [0.2, 0.25) is 0 Å². The molecule has 0 aliphatic carbocycles. The maximum absolute atomic E-state index is 13.4. The summed E-state index contributed by atoms with van der Waals surface area (Å²) in [5.41, 5.74) is 0.947. The van der Waals surface area contributed by atoms with Crippen LogP contribution in [0.1, 0.15) is 32.7 Å². The molecule has 2 saturated heterocycles. The van der Waals surface area contributed by atoms with E-state index in [4.69, 9.17) is 4.42 Å². The van der Waals surface area contributed by atoms with Crippen LogP contribution in [0.5, 0.6) is 0 Å². The highest BCUT2D eigenvalue weighted by atomic mass is 32.1. The van der Waals surface area contributed by atoms with E-state index in [9.17, 15) is 9.59 Å². The number of rotatable bonds is 4. The van der Waals surface area contributed by atoms with Crippen LogP contribution in [0.4, 0.5) is 5.82 Å². The zero-order valence-electron chi connectivity index (χ0n) is 19.0. The van der Waals surface area contributed by atoms with Crippen LogP contribution in [0, 0.1) is 6.92 Å².